The Hall–Kier alpha value is -2.85. The Morgan fingerprint density at radius 3 is 2.63 bits per heavy atom. The van der Waals surface area contributed by atoms with Crippen molar-refractivity contribution >= 4 is 27.5 Å². The van der Waals surface area contributed by atoms with Crippen molar-refractivity contribution in [2.45, 2.75) is 69.7 Å². The first-order chi connectivity index (χ1) is 16.7. The second kappa shape index (κ2) is 12.2. The smallest absolute Gasteiger partial charge is 0.287 e. The molecule has 3 rings (SSSR count). The first-order valence-electron chi connectivity index (χ1n) is 12.0. The zero-order chi connectivity index (χ0) is 25.4. The van der Waals surface area contributed by atoms with Gasteiger partial charge in [0.15, 0.2) is 5.78 Å². The number of aryl methyl sites for hydroxylation is 2. The van der Waals surface area contributed by atoms with Gasteiger partial charge in [-0.15, -0.1) is 0 Å². The van der Waals surface area contributed by atoms with Crippen molar-refractivity contribution in [1.29, 1.82) is 0 Å². The molecule has 2 aromatic rings. The van der Waals surface area contributed by atoms with Crippen molar-refractivity contribution in [3.63, 3.8) is 0 Å². The fraction of sp³-hybridized carbons (Fsp3) is 0.520. The average molecular weight is 504 g/mol. The molecule has 0 saturated carbocycles. The highest BCUT2D eigenvalue weighted by Crippen LogP contribution is 2.22. The molecule has 0 saturated heterocycles. The van der Waals surface area contributed by atoms with Crippen LogP contribution >= 0.6 is 0 Å². The number of rotatable bonds is 8. The predicted octanol–water partition coefficient (Wildman–Crippen LogP) is 2.60. The quantitative estimate of drug-likeness (QED) is 0.529. The zero-order valence-electron chi connectivity index (χ0n) is 20.2. The highest BCUT2D eigenvalue weighted by molar-refractivity contribution is 7.89. The van der Waals surface area contributed by atoms with Gasteiger partial charge in [-0.05, 0) is 50.2 Å². The molecule has 0 radical (unpaired) electrons. The summed E-state index contributed by atoms with van der Waals surface area (Å²) < 4.78 is 33.6. The Morgan fingerprint density at radius 2 is 1.91 bits per heavy atom. The number of fused-ring (bicyclic) bond motifs is 1. The first-order valence-corrected chi connectivity index (χ1v) is 13.5. The molecule has 1 aliphatic rings. The summed E-state index contributed by atoms with van der Waals surface area (Å²) >= 11 is 0. The number of nitrogens with one attached hydrogen (secondary N) is 2. The second-order valence-corrected chi connectivity index (χ2v) is 11.1. The molecule has 1 aliphatic heterocycles. The number of hydrogen-bond acceptors (Lipinski definition) is 7. The van der Waals surface area contributed by atoms with Gasteiger partial charge in [-0.25, -0.2) is 13.1 Å². The van der Waals surface area contributed by atoms with Gasteiger partial charge in [0, 0.05) is 30.9 Å². The monoisotopic (exact) mass is 503 g/mol. The molecule has 0 spiro atoms. The normalized spacial score (nSPS) is 18.8. The van der Waals surface area contributed by atoms with Crippen molar-refractivity contribution in [1.82, 2.24) is 15.2 Å². The lowest BCUT2D eigenvalue weighted by atomic mass is 9.87. The first kappa shape index (κ1) is 26.7. The van der Waals surface area contributed by atoms with Crippen LogP contribution in [0.15, 0.2) is 45.9 Å². The molecule has 190 valence electrons. The molecule has 1 aromatic carbocycles. The molecule has 35 heavy (non-hydrogen) atoms. The number of carbonyl (C=O) groups excluding carboxylic acids is 3. The van der Waals surface area contributed by atoms with E-state index in [9.17, 15) is 22.8 Å². The van der Waals surface area contributed by atoms with Crippen LogP contribution < -0.4 is 10.0 Å². The Kier molecular flexibility index (Phi) is 9.33. The molecular weight excluding hydrogens is 470 g/mol. The molecule has 2 heterocycles. The van der Waals surface area contributed by atoms with E-state index in [1.54, 1.807) is 24.4 Å². The SMILES string of the molecule is CC(C)CC(NS(=O)(=O)c1ccccc1)C(=O)CC1CCCc2cnoc2CCCNC(=O)C1=O. The minimum absolute atomic E-state index is 0.0322. The van der Waals surface area contributed by atoms with Gasteiger partial charge in [0.05, 0.1) is 17.1 Å². The third-order valence-corrected chi connectivity index (χ3v) is 7.57. The van der Waals surface area contributed by atoms with Crippen molar-refractivity contribution in [2.75, 3.05) is 6.54 Å². The van der Waals surface area contributed by atoms with Crippen LogP contribution in [0, 0.1) is 11.8 Å². The van der Waals surface area contributed by atoms with Gasteiger partial charge in [-0.1, -0.05) is 37.2 Å². The molecule has 9 nitrogen and oxygen atoms in total. The van der Waals surface area contributed by atoms with E-state index in [-0.39, 0.29) is 23.7 Å². The third-order valence-electron chi connectivity index (χ3n) is 6.08. The number of hydrogen-bond donors (Lipinski definition) is 2. The lowest BCUT2D eigenvalue weighted by Crippen LogP contribution is -2.44. The predicted molar refractivity (Wildman–Crippen MR) is 129 cm³/mol. The maximum absolute atomic E-state index is 13.3. The summed E-state index contributed by atoms with van der Waals surface area (Å²) in [5.74, 6) is -1.79. The topological polar surface area (TPSA) is 135 Å². The molecule has 1 aromatic heterocycles. The van der Waals surface area contributed by atoms with E-state index >= 15 is 0 Å². The third kappa shape index (κ3) is 7.57. The number of carbonyl (C=O) groups is 3. The number of nitrogens with zero attached hydrogens (tertiary/aromatic N) is 1. The van der Waals surface area contributed by atoms with Crippen LogP contribution in [0.25, 0.3) is 0 Å². The maximum Gasteiger partial charge on any atom is 0.287 e. The number of benzene rings is 1. The fourth-order valence-corrected chi connectivity index (χ4v) is 5.49. The van der Waals surface area contributed by atoms with E-state index < -0.39 is 39.5 Å². The summed E-state index contributed by atoms with van der Waals surface area (Å²) in [6.45, 7) is 4.09. The van der Waals surface area contributed by atoms with Gasteiger partial charge in [0.2, 0.25) is 15.8 Å². The molecule has 2 N–H and O–H groups in total. The number of aromatic nitrogens is 1. The van der Waals surface area contributed by atoms with Crippen LogP contribution in [0.2, 0.25) is 0 Å². The Balaban J connectivity index is 1.76. The Bertz CT molecular complexity index is 1130. The van der Waals surface area contributed by atoms with Gasteiger partial charge in [0.1, 0.15) is 5.76 Å². The molecule has 2 atom stereocenters. The van der Waals surface area contributed by atoms with E-state index in [0.29, 0.717) is 38.6 Å². The summed E-state index contributed by atoms with van der Waals surface area (Å²) in [7, 11) is -3.93. The van der Waals surface area contributed by atoms with Crippen LogP contribution in [0.3, 0.4) is 0 Å². The summed E-state index contributed by atoms with van der Waals surface area (Å²) in [5.41, 5.74) is 0.961. The van der Waals surface area contributed by atoms with Crippen molar-refractivity contribution < 1.29 is 27.3 Å². The lowest BCUT2D eigenvalue weighted by Gasteiger charge is -2.22. The van der Waals surface area contributed by atoms with Crippen LogP contribution in [-0.2, 0) is 37.2 Å². The van der Waals surface area contributed by atoms with Gasteiger partial charge in [0.25, 0.3) is 5.91 Å². The Labute approximate surface area is 206 Å². The van der Waals surface area contributed by atoms with E-state index in [2.05, 4.69) is 15.2 Å². The molecular formula is C25H33N3O6S. The lowest BCUT2D eigenvalue weighted by molar-refractivity contribution is -0.141. The highest BCUT2D eigenvalue weighted by atomic mass is 32.2. The van der Waals surface area contributed by atoms with E-state index in [1.807, 2.05) is 13.8 Å². The van der Waals surface area contributed by atoms with Crippen molar-refractivity contribution in [3.8, 4) is 0 Å². The summed E-state index contributed by atoms with van der Waals surface area (Å²) in [6.07, 6.45) is 4.46. The summed E-state index contributed by atoms with van der Waals surface area (Å²) in [5, 5.41) is 6.48. The van der Waals surface area contributed by atoms with Crippen LogP contribution in [-0.4, -0.2) is 43.6 Å². The maximum atomic E-state index is 13.3. The Morgan fingerprint density at radius 1 is 1.17 bits per heavy atom. The van der Waals surface area contributed by atoms with Gasteiger partial charge < -0.3 is 9.84 Å². The van der Waals surface area contributed by atoms with Crippen LogP contribution in [0.1, 0.15) is 57.3 Å². The van der Waals surface area contributed by atoms with Crippen molar-refractivity contribution in [3.05, 3.63) is 47.9 Å². The minimum atomic E-state index is -3.93. The van der Waals surface area contributed by atoms with E-state index in [1.165, 1.54) is 12.1 Å². The van der Waals surface area contributed by atoms with E-state index in [0.717, 1.165) is 11.3 Å². The van der Waals surface area contributed by atoms with Crippen LogP contribution in [0.4, 0.5) is 0 Å². The number of ketones is 2. The second-order valence-electron chi connectivity index (χ2n) is 9.37. The van der Waals surface area contributed by atoms with Gasteiger partial charge in [-0.2, -0.15) is 0 Å². The van der Waals surface area contributed by atoms with E-state index in [4.69, 9.17) is 4.52 Å². The molecule has 1 amide bonds. The van der Waals surface area contributed by atoms with Crippen LogP contribution in [0.5, 0.6) is 0 Å². The molecule has 2 unspecified atom stereocenters. The number of sulfonamides is 1. The zero-order valence-corrected chi connectivity index (χ0v) is 21.0. The molecule has 10 heteroatoms. The van der Waals surface area contributed by atoms with Gasteiger partial charge >= 0.3 is 0 Å². The average Bonchev–Trinajstić information content (AvgIpc) is 3.26. The highest BCUT2D eigenvalue weighted by Gasteiger charge is 2.32. The summed E-state index contributed by atoms with van der Waals surface area (Å²) in [6, 6.07) is 6.84. The van der Waals surface area contributed by atoms with Crippen molar-refractivity contribution in [2.24, 2.45) is 11.8 Å². The molecule has 0 fully saturated rings. The summed E-state index contributed by atoms with van der Waals surface area (Å²) in [4.78, 5) is 38.7. The largest absolute Gasteiger partial charge is 0.361 e. The number of amides is 1. The molecule has 0 bridgehead atoms. The molecule has 0 aliphatic carbocycles. The number of Topliss-reactive ketones (excluding diaryl/α,β-unsaturated/α-hetero) is 2. The standard InChI is InChI=1S/C25H33N3O6S/c1-17(2)14-21(28-35(32,33)20-10-4-3-5-11-20)22(29)15-18-8-6-9-19-16-27-34-23(19)12-7-13-26-25(31)24(18)30/h3-5,10-11,16-18,21,28H,6-9,12-15H2,1-2H3,(H,26,31). The van der Waals surface area contributed by atoms with Gasteiger partial charge in [-0.3, -0.25) is 14.4 Å². The minimum Gasteiger partial charge on any atom is -0.361 e. The fourth-order valence-electron chi connectivity index (χ4n) is 4.24.